The van der Waals surface area contributed by atoms with Crippen molar-refractivity contribution in [1.82, 2.24) is 24.8 Å². The number of ether oxygens (including phenoxy) is 1. The number of carbonyl (C=O) groups is 1. The second-order valence-electron chi connectivity index (χ2n) is 7.10. The van der Waals surface area contributed by atoms with Crippen molar-refractivity contribution >= 4 is 17.5 Å². The SMILES string of the molecule is Cc1cc(C(=O)CSc2nnnn2-c2cccc(F)c2)c(C)n1C[C@@H]1CCCO1. The minimum atomic E-state index is -0.372. The van der Waals surface area contributed by atoms with E-state index in [1.807, 2.05) is 19.9 Å². The van der Waals surface area contributed by atoms with Gasteiger partial charge >= 0.3 is 0 Å². The molecular formula is C20H22FN5O2S. The molecule has 3 heterocycles. The average Bonchev–Trinajstić information content (AvgIpc) is 3.44. The fraction of sp³-hybridized carbons (Fsp3) is 0.400. The lowest BCUT2D eigenvalue weighted by molar-refractivity contribution is 0.0957. The minimum absolute atomic E-state index is 0.00971. The lowest BCUT2D eigenvalue weighted by atomic mass is 10.2. The number of halogens is 1. The summed E-state index contributed by atoms with van der Waals surface area (Å²) in [7, 11) is 0. The molecule has 29 heavy (non-hydrogen) atoms. The molecule has 1 saturated heterocycles. The second-order valence-corrected chi connectivity index (χ2v) is 8.04. The number of benzene rings is 1. The van der Waals surface area contributed by atoms with E-state index in [-0.39, 0.29) is 23.5 Å². The number of nitrogens with zero attached hydrogens (tertiary/aromatic N) is 5. The van der Waals surface area contributed by atoms with Crippen LogP contribution in [0.1, 0.15) is 34.6 Å². The number of tetrazole rings is 1. The van der Waals surface area contributed by atoms with E-state index in [1.165, 1.54) is 28.6 Å². The highest BCUT2D eigenvalue weighted by Crippen LogP contribution is 2.24. The standard InChI is InChI=1S/C20H22FN5O2S/c1-13-9-18(14(2)25(13)11-17-7-4-8-28-17)19(27)12-29-20-22-23-24-26(20)16-6-3-5-15(21)10-16/h3,5-6,9-10,17H,4,7-8,11-12H2,1-2H3/t17-/m0/s1. The summed E-state index contributed by atoms with van der Waals surface area (Å²) in [6.45, 7) is 5.56. The summed E-state index contributed by atoms with van der Waals surface area (Å²) in [5.41, 5.74) is 3.22. The van der Waals surface area contributed by atoms with Crippen molar-refractivity contribution in [2.75, 3.05) is 12.4 Å². The Hall–Kier alpha value is -2.52. The zero-order valence-electron chi connectivity index (χ0n) is 16.3. The Morgan fingerprint density at radius 1 is 1.34 bits per heavy atom. The molecule has 1 aliphatic heterocycles. The van der Waals surface area contributed by atoms with Gasteiger partial charge in [-0.3, -0.25) is 4.79 Å². The van der Waals surface area contributed by atoms with Crippen LogP contribution in [0.4, 0.5) is 4.39 Å². The maximum Gasteiger partial charge on any atom is 0.214 e. The molecular weight excluding hydrogens is 393 g/mol. The number of hydrogen-bond acceptors (Lipinski definition) is 6. The van der Waals surface area contributed by atoms with Crippen LogP contribution in [0.15, 0.2) is 35.5 Å². The smallest absolute Gasteiger partial charge is 0.214 e. The molecule has 1 fully saturated rings. The number of Topliss-reactive ketones (excluding diaryl/α,β-unsaturated/α-hetero) is 1. The Labute approximate surface area is 172 Å². The first-order valence-corrected chi connectivity index (χ1v) is 10.5. The van der Waals surface area contributed by atoms with E-state index in [2.05, 4.69) is 20.1 Å². The van der Waals surface area contributed by atoms with Crippen LogP contribution in [-0.2, 0) is 11.3 Å². The number of carbonyl (C=O) groups excluding carboxylic acids is 1. The first kappa shape index (κ1) is 19.8. The summed E-state index contributed by atoms with van der Waals surface area (Å²) in [5.74, 6) is -0.168. The average molecular weight is 415 g/mol. The van der Waals surface area contributed by atoms with Crippen molar-refractivity contribution < 1.29 is 13.9 Å². The maximum atomic E-state index is 13.5. The lowest BCUT2D eigenvalue weighted by Crippen LogP contribution is -2.17. The highest BCUT2D eigenvalue weighted by molar-refractivity contribution is 7.99. The Morgan fingerprint density at radius 3 is 2.97 bits per heavy atom. The van der Waals surface area contributed by atoms with E-state index < -0.39 is 0 Å². The number of ketones is 1. The Morgan fingerprint density at radius 2 is 2.21 bits per heavy atom. The summed E-state index contributed by atoms with van der Waals surface area (Å²) in [6, 6.07) is 7.94. The molecule has 9 heteroatoms. The molecule has 0 unspecified atom stereocenters. The molecule has 152 valence electrons. The van der Waals surface area contributed by atoms with Crippen LogP contribution >= 0.6 is 11.8 Å². The molecule has 7 nitrogen and oxygen atoms in total. The van der Waals surface area contributed by atoms with Crippen molar-refractivity contribution in [3.63, 3.8) is 0 Å². The van der Waals surface area contributed by atoms with Crippen molar-refractivity contribution in [2.45, 2.75) is 44.5 Å². The molecule has 1 aliphatic rings. The zero-order chi connectivity index (χ0) is 20.4. The zero-order valence-corrected chi connectivity index (χ0v) is 17.2. The summed E-state index contributed by atoms with van der Waals surface area (Å²) >= 11 is 1.23. The van der Waals surface area contributed by atoms with E-state index in [9.17, 15) is 9.18 Å². The predicted octanol–water partition coefficient (Wildman–Crippen LogP) is 3.37. The third-order valence-corrected chi connectivity index (χ3v) is 6.03. The fourth-order valence-electron chi connectivity index (χ4n) is 3.60. The van der Waals surface area contributed by atoms with Crippen LogP contribution in [0.5, 0.6) is 0 Å². The van der Waals surface area contributed by atoms with E-state index >= 15 is 0 Å². The number of hydrogen-bond donors (Lipinski definition) is 0. The largest absolute Gasteiger partial charge is 0.376 e. The van der Waals surface area contributed by atoms with Gasteiger partial charge in [0.1, 0.15) is 5.82 Å². The number of rotatable bonds is 7. The van der Waals surface area contributed by atoms with E-state index in [0.717, 1.165) is 37.4 Å². The lowest BCUT2D eigenvalue weighted by Gasteiger charge is -2.14. The van der Waals surface area contributed by atoms with Gasteiger partial charge in [-0.15, -0.1) is 5.10 Å². The molecule has 0 amide bonds. The van der Waals surface area contributed by atoms with Crippen LogP contribution in [0.3, 0.4) is 0 Å². The summed E-state index contributed by atoms with van der Waals surface area (Å²) < 4.78 is 22.8. The number of aryl methyl sites for hydroxylation is 1. The van der Waals surface area contributed by atoms with Gasteiger partial charge in [-0.2, -0.15) is 4.68 Å². The molecule has 0 bridgehead atoms. The van der Waals surface area contributed by atoms with Gasteiger partial charge in [0.05, 0.1) is 17.5 Å². The Bertz CT molecular complexity index is 1030. The molecule has 0 radical (unpaired) electrons. The van der Waals surface area contributed by atoms with Crippen LogP contribution in [0.25, 0.3) is 5.69 Å². The molecule has 2 aromatic heterocycles. The third kappa shape index (κ3) is 4.25. The predicted molar refractivity (Wildman–Crippen MR) is 107 cm³/mol. The van der Waals surface area contributed by atoms with Gasteiger partial charge in [0, 0.05) is 30.1 Å². The van der Waals surface area contributed by atoms with Crippen LogP contribution in [0.2, 0.25) is 0 Å². The van der Waals surface area contributed by atoms with Gasteiger partial charge in [-0.1, -0.05) is 17.8 Å². The molecule has 4 rings (SSSR count). The summed E-state index contributed by atoms with van der Waals surface area (Å²) in [4.78, 5) is 12.9. The summed E-state index contributed by atoms with van der Waals surface area (Å²) in [5, 5.41) is 12.0. The van der Waals surface area contributed by atoms with Crippen molar-refractivity contribution in [3.05, 3.63) is 53.1 Å². The number of aromatic nitrogens is 5. The van der Waals surface area contributed by atoms with E-state index in [0.29, 0.717) is 16.4 Å². The third-order valence-electron chi connectivity index (χ3n) is 5.11. The number of thioether (sulfide) groups is 1. The van der Waals surface area contributed by atoms with Crippen molar-refractivity contribution in [3.8, 4) is 5.69 Å². The van der Waals surface area contributed by atoms with Crippen LogP contribution in [-0.4, -0.2) is 49.0 Å². The van der Waals surface area contributed by atoms with Gasteiger partial charge in [-0.05, 0) is 61.4 Å². The van der Waals surface area contributed by atoms with E-state index in [4.69, 9.17) is 4.74 Å². The Balaban J connectivity index is 1.46. The van der Waals surface area contributed by atoms with Crippen LogP contribution in [0, 0.1) is 19.7 Å². The monoisotopic (exact) mass is 415 g/mol. The first-order chi connectivity index (χ1) is 14.0. The Kier molecular flexibility index (Phi) is 5.77. The molecule has 0 saturated carbocycles. The normalized spacial score (nSPS) is 16.4. The quantitative estimate of drug-likeness (QED) is 0.435. The molecule has 0 spiro atoms. The highest BCUT2D eigenvalue weighted by Gasteiger charge is 2.21. The first-order valence-electron chi connectivity index (χ1n) is 9.51. The second kappa shape index (κ2) is 8.46. The van der Waals surface area contributed by atoms with Gasteiger partial charge in [0.2, 0.25) is 5.16 Å². The molecule has 3 aromatic rings. The molecule has 0 aliphatic carbocycles. The maximum absolute atomic E-state index is 13.5. The van der Waals surface area contributed by atoms with Crippen molar-refractivity contribution in [1.29, 1.82) is 0 Å². The summed E-state index contributed by atoms with van der Waals surface area (Å²) in [6.07, 6.45) is 2.36. The van der Waals surface area contributed by atoms with Gasteiger partial charge in [0.15, 0.2) is 5.78 Å². The molecule has 1 aromatic carbocycles. The topological polar surface area (TPSA) is 74.8 Å². The van der Waals surface area contributed by atoms with E-state index in [1.54, 1.807) is 12.1 Å². The minimum Gasteiger partial charge on any atom is -0.376 e. The van der Waals surface area contributed by atoms with Gasteiger partial charge < -0.3 is 9.30 Å². The van der Waals surface area contributed by atoms with Gasteiger partial charge in [-0.25, -0.2) is 4.39 Å². The van der Waals surface area contributed by atoms with Crippen LogP contribution < -0.4 is 0 Å². The molecule has 1 atom stereocenters. The van der Waals surface area contributed by atoms with Crippen molar-refractivity contribution in [2.24, 2.45) is 0 Å². The molecule has 0 N–H and O–H groups in total. The fourth-order valence-corrected chi connectivity index (χ4v) is 4.38. The van der Waals surface area contributed by atoms with Gasteiger partial charge in [0.25, 0.3) is 0 Å². The highest BCUT2D eigenvalue weighted by atomic mass is 32.2.